The minimum atomic E-state index is -3.67. The molecule has 5 rings (SSSR count). The third-order valence-corrected chi connectivity index (χ3v) is 8.56. The average molecular weight is 715 g/mol. The van der Waals surface area contributed by atoms with E-state index in [1.54, 1.807) is 13.0 Å². The van der Waals surface area contributed by atoms with Crippen LogP contribution >= 0.6 is 0 Å². The van der Waals surface area contributed by atoms with Gasteiger partial charge in [-0.15, -0.1) is 0 Å². The summed E-state index contributed by atoms with van der Waals surface area (Å²) in [6.45, 7) is 9.53. The number of fused-ring (bicyclic) bond motifs is 1. The van der Waals surface area contributed by atoms with E-state index in [0.29, 0.717) is 74.5 Å². The van der Waals surface area contributed by atoms with Crippen molar-refractivity contribution in [3.63, 3.8) is 0 Å². The van der Waals surface area contributed by atoms with Gasteiger partial charge >= 0.3 is 11.7 Å². The maximum Gasteiger partial charge on any atom is 0.341 e. The topological polar surface area (TPSA) is 198 Å². The Morgan fingerprint density at radius 2 is 1.62 bits per heavy atom. The number of halogens is 1. The summed E-state index contributed by atoms with van der Waals surface area (Å²) in [4.78, 5) is 59.7. The number of aromatic carboxylic acids is 1. The zero-order valence-electron chi connectivity index (χ0n) is 28.5. The molecule has 5 N–H and O–H groups in total. The van der Waals surface area contributed by atoms with Gasteiger partial charge in [0.1, 0.15) is 17.2 Å². The molecular formula is C34H43FN6O8S. The number of aromatic nitrogens is 3. The summed E-state index contributed by atoms with van der Waals surface area (Å²) in [7, 11) is -3.67. The number of carboxylic acids is 1. The largest absolute Gasteiger partial charge is 0.477 e. The van der Waals surface area contributed by atoms with Gasteiger partial charge in [-0.25, -0.2) is 14.0 Å². The van der Waals surface area contributed by atoms with Crippen molar-refractivity contribution < 1.29 is 27.3 Å². The van der Waals surface area contributed by atoms with Crippen LogP contribution in [0.15, 0.2) is 50.8 Å². The van der Waals surface area contributed by atoms with Gasteiger partial charge in [0, 0.05) is 55.6 Å². The first kappa shape index (κ1) is 38.0. The molecule has 270 valence electrons. The van der Waals surface area contributed by atoms with E-state index in [1.165, 1.54) is 21.8 Å². The van der Waals surface area contributed by atoms with E-state index in [4.69, 9.17) is 4.55 Å². The van der Waals surface area contributed by atoms with Crippen LogP contribution < -0.4 is 26.9 Å². The number of hydrogen-bond acceptors (Lipinski definition) is 9. The van der Waals surface area contributed by atoms with Crippen molar-refractivity contribution in [1.29, 1.82) is 0 Å². The molecule has 1 aliphatic heterocycles. The lowest BCUT2D eigenvalue weighted by Crippen LogP contribution is -2.47. The molecule has 2 aromatic heterocycles. The maximum atomic E-state index is 15.1. The van der Waals surface area contributed by atoms with Gasteiger partial charge in [0.25, 0.3) is 15.7 Å². The summed E-state index contributed by atoms with van der Waals surface area (Å²) in [5.41, 5.74) is 2.44. The Morgan fingerprint density at radius 3 is 2.22 bits per heavy atom. The van der Waals surface area contributed by atoms with Crippen LogP contribution in [0.5, 0.6) is 0 Å². The van der Waals surface area contributed by atoms with Crippen LogP contribution in [0, 0.1) is 12.7 Å². The fourth-order valence-electron chi connectivity index (χ4n) is 5.99. The summed E-state index contributed by atoms with van der Waals surface area (Å²) in [5, 5.41) is 12.6. The Balaban J connectivity index is 0.00000105. The highest BCUT2D eigenvalue weighted by atomic mass is 32.2. The number of carboxylic acid groups (broad SMARTS) is 1. The molecule has 0 saturated carbocycles. The van der Waals surface area contributed by atoms with Gasteiger partial charge in [-0.1, -0.05) is 19.9 Å². The molecule has 1 fully saturated rings. The zero-order chi connectivity index (χ0) is 36.7. The smallest absolute Gasteiger partial charge is 0.341 e. The monoisotopic (exact) mass is 714 g/mol. The summed E-state index contributed by atoms with van der Waals surface area (Å²) in [5.74, 6) is -1.54. The second-order valence-corrected chi connectivity index (χ2v) is 13.6. The minimum absolute atomic E-state index is 0.0187. The van der Waals surface area contributed by atoms with Gasteiger partial charge in [0.15, 0.2) is 0 Å². The molecule has 0 bridgehead atoms. The van der Waals surface area contributed by atoms with Crippen molar-refractivity contribution >= 4 is 44.2 Å². The van der Waals surface area contributed by atoms with Crippen molar-refractivity contribution in [2.24, 2.45) is 0 Å². The molecule has 1 aliphatic rings. The number of nitrogens with zero attached hydrogens (tertiary/aromatic N) is 3. The maximum absolute atomic E-state index is 15.1. The lowest BCUT2D eigenvalue weighted by atomic mass is 10.1. The van der Waals surface area contributed by atoms with E-state index in [-0.39, 0.29) is 16.5 Å². The standard InChI is InChI=1S/C33H39FN6O5.CH4O3S/c1-4-21-16-22(9-8-20(21)3)35-28-19-29(41)40(33(45)37-28)11-7-6-10-38-12-14-39(15-13-38)27-18-26-23(17-24(27)34)31(42)30(32(43)44)25(5-2)36-26;1-5(2,3)4/h8-9,16-19,35H,4-7,10-15H2,1-3H3,(H,36,42)(H,37,45)(H,43,44);1H3,(H,2,3,4). The van der Waals surface area contributed by atoms with Crippen molar-refractivity contribution in [2.45, 2.75) is 53.0 Å². The van der Waals surface area contributed by atoms with Crippen LogP contribution in [0.2, 0.25) is 0 Å². The van der Waals surface area contributed by atoms with Gasteiger partial charge in [0.05, 0.1) is 17.5 Å². The molecule has 3 heterocycles. The molecule has 0 radical (unpaired) electrons. The number of anilines is 3. The van der Waals surface area contributed by atoms with E-state index in [2.05, 4.69) is 27.1 Å². The van der Waals surface area contributed by atoms with Crippen molar-refractivity contribution in [3.05, 3.63) is 95.7 Å². The second kappa shape index (κ2) is 16.3. The Morgan fingerprint density at radius 1 is 0.960 bits per heavy atom. The average Bonchev–Trinajstić information content (AvgIpc) is 3.04. The Bertz CT molecular complexity index is 2110. The van der Waals surface area contributed by atoms with Crippen LogP contribution in [0.25, 0.3) is 10.9 Å². The van der Waals surface area contributed by atoms with Crippen molar-refractivity contribution in [1.82, 2.24) is 19.4 Å². The summed E-state index contributed by atoms with van der Waals surface area (Å²) < 4.78 is 42.2. The third-order valence-electron chi connectivity index (χ3n) is 8.56. The van der Waals surface area contributed by atoms with E-state index >= 15 is 4.39 Å². The highest BCUT2D eigenvalue weighted by Gasteiger charge is 2.23. The number of H-pyrrole nitrogens is 2. The number of unbranched alkanes of at least 4 members (excludes halogenated alkanes) is 1. The molecule has 4 aromatic rings. The van der Waals surface area contributed by atoms with Gasteiger partial charge < -0.3 is 20.3 Å². The molecule has 1 saturated heterocycles. The van der Waals surface area contributed by atoms with E-state index < -0.39 is 33.0 Å². The van der Waals surface area contributed by atoms with Crippen LogP contribution in [0.4, 0.5) is 21.6 Å². The predicted octanol–water partition coefficient (Wildman–Crippen LogP) is 3.50. The lowest BCUT2D eigenvalue weighted by Gasteiger charge is -2.36. The Hall–Kier alpha value is -4.80. The second-order valence-electron chi connectivity index (χ2n) is 12.2. The number of aryl methyl sites for hydroxylation is 3. The first-order valence-electron chi connectivity index (χ1n) is 16.3. The number of benzene rings is 2. The Labute approximate surface area is 288 Å². The summed E-state index contributed by atoms with van der Waals surface area (Å²) in [6, 6.07) is 10.1. The van der Waals surface area contributed by atoms with Gasteiger partial charge in [-0.2, -0.15) is 8.42 Å². The summed E-state index contributed by atoms with van der Waals surface area (Å²) >= 11 is 0. The van der Waals surface area contributed by atoms with Crippen LogP contribution in [-0.2, 0) is 29.5 Å². The molecular weight excluding hydrogens is 671 g/mol. The van der Waals surface area contributed by atoms with Crippen LogP contribution in [0.1, 0.15) is 53.9 Å². The highest BCUT2D eigenvalue weighted by Crippen LogP contribution is 2.26. The summed E-state index contributed by atoms with van der Waals surface area (Å²) in [6.07, 6.45) is 3.37. The van der Waals surface area contributed by atoms with E-state index in [1.807, 2.05) is 30.0 Å². The molecule has 0 unspecified atom stereocenters. The molecule has 14 nitrogen and oxygen atoms in total. The number of carbonyl (C=O) groups is 1. The van der Waals surface area contributed by atoms with Crippen LogP contribution in [-0.4, -0.2) is 82.5 Å². The molecule has 50 heavy (non-hydrogen) atoms. The van der Waals surface area contributed by atoms with E-state index in [9.17, 15) is 32.7 Å². The number of nitrogens with one attached hydrogen (secondary N) is 3. The fourth-order valence-corrected chi connectivity index (χ4v) is 5.99. The van der Waals surface area contributed by atoms with Gasteiger partial charge in [-0.05, 0) is 74.5 Å². The lowest BCUT2D eigenvalue weighted by molar-refractivity contribution is 0.0694. The number of hydrogen-bond donors (Lipinski definition) is 5. The number of piperazine rings is 1. The number of rotatable bonds is 11. The molecule has 0 amide bonds. The predicted molar refractivity (Wildman–Crippen MR) is 191 cm³/mol. The van der Waals surface area contributed by atoms with Gasteiger partial charge in [-0.3, -0.25) is 28.6 Å². The SMILES string of the molecule is CCc1cc(Nc2cc(=O)n(CCCCN3CCN(c4cc5[nH]c(CC)c(C(=O)O)c(=O)c5cc4F)CC3)c(=O)[nH]2)ccc1C.CS(=O)(=O)O. The molecule has 2 aromatic carbocycles. The van der Waals surface area contributed by atoms with Crippen LogP contribution in [0.3, 0.4) is 0 Å². The highest BCUT2D eigenvalue weighted by molar-refractivity contribution is 7.85. The van der Waals surface area contributed by atoms with E-state index in [0.717, 1.165) is 31.1 Å². The molecule has 16 heteroatoms. The normalized spacial score (nSPS) is 13.6. The zero-order valence-corrected chi connectivity index (χ0v) is 29.3. The minimum Gasteiger partial charge on any atom is -0.477 e. The number of pyridine rings is 1. The first-order valence-corrected chi connectivity index (χ1v) is 18.2. The van der Waals surface area contributed by atoms with Crippen molar-refractivity contribution in [2.75, 3.05) is 49.2 Å². The Kier molecular flexibility index (Phi) is 12.4. The number of aromatic amines is 2. The first-order chi connectivity index (χ1) is 23.6. The van der Waals surface area contributed by atoms with Gasteiger partial charge in [0.2, 0.25) is 5.43 Å². The molecule has 0 atom stereocenters. The van der Waals surface area contributed by atoms with Crippen molar-refractivity contribution in [3.8, 4) is 0 Å². The third kappa shape index (κ3) is 9.67. The molecule has 0 aliphatic carbocycles. The fraction of sp³-hybridized carbons (Fsp3) is 0.412. The molecule has 0 spiro atoms. The quantitative estimate of drug-likeness (QED) is 0.113.